The summed E-state index contributed by atoms with van der Waals surface area (Å²) in [6.07, 6.45) is 0.746. The molecule has 0 aliphatic carbocycles. The van der Waals surface area contributed by atoms with Gasteiger partial charge in [0, 0.05) is 28.1 Å². The van der Waals surface area contributed by atoms with Crippen molar-refractivity contribution in [3.63, 3.8) is 0 Å². The number of nitrogens with zero attached hydrogens (tertiary/aromatic N) is 1. The summed E-state index contributed by atoms with van der Waals surface area (Å²) in [4.78, 5) is 23.3. The first-order valence-electron chi connectivity index (χ1n) is 12.6. The molecule has 0 saturated heterocycles. The minimum Gasteiger partial charge on any atom is -0.481 e. The number of amides is 1. The summed E-state index contributed by atoms with van der Waals surface area (Å²) in [5, 5.41) is 25.5. The number of rotatable bonds is 10. The van der Waals surface area contributed by atoms with Gasteiger partial charge in [-0.3, -0.25) is 9.59 Å². The number of carbonyl (C=O) groups is 2. The number of halogens is 2. The Balaban J connectivity index is 1.80. The Hall–Kier alpha value is -3.37. The van der Waals surface area contributed by atoms with E-state index in [-0.39, 0.29) is 30.7 Å². The molecular weight excluding hydrogens is 551 g/mol. The fourth-order valence-corrected chi connectivity index (χ4v) is 6.38. The molecule has 0 aliphatic heterocycles. The second-order valence-electron chi connectivity index (χ2n) is 9.92. The lowest BCUT2D eigenvalue weighted by atomic mass is 9.73. The molecule has 0 bridgehead atoms. The first-order chi connectivity index (χ1) is 18.7. The third-order valence-electron chi connectivity index (χ3n) is 6.71. The van der Waals surface area contributed by atoms with E-state index in [1.807, 2.05) is 42.5 Å². The highest BCUT2D eigenvalue weighted by molar-refractivity contribution is 7.17. The molecule has 0 saturated carbocycles. The van der Waals surface area contributed by atoms with Crippen molar-refractivity contribution in [3.05, 3.63) is 104 Å². The summed E-state index contributed by atoms with van der Waals surface area (Å²) < 4.78 is 0.910. The quantitative estimate of drug-likeness (QED) is 0.198. The van der Waals surface area contributed by atoms with E-state index in [1.54, 1.807) is 29.5 Å². The third kappa shape index (κ3) is 6.80. The van der Waals surface area contributed by atoms with Crippen LogP contribution in [-0.4, -0.2) is 23.5 Å². The summed E-state index contributed by atoms with van der Waals surface area (Å²) in [5.41, 5.74) is 4.30. The summed E-state index contributed by atoms with van der Waals surface area (Å²) in [5.74, 6) is -0.886. The van der Waals surface area contributed by atoms with Crippen LogP contribution in [0.15, 0.2) is 66.0 Å². The van der Waals surface area contributed by atoms with Crippen LogP contribution in [0.1, 0.15) is 71.1 Å². The summed E-state index contributed by atoms with van der Waals surface area (Å²) in [7, 11) is 0. The third-order valence-corrected chi connectivity index (χ3v) is 8.22. The Morgan fingerprint density at radius 3 is 2.28 bits per heavy atom. The topological polar surface area (TPSA) is 90.2 Å². The molecule has 39 heavy (non-hydrogen) atoms. The van der Waals surface area contributed by atoms with E-state index in [0.29, 0.717) is 27.1 Å². The zero-order valence-corrected chi connectivity index (χ0v) is 23.9. The summed E-state index contributed by atoms with van der Waals surface area (Å²) in [6, 6.07) is 21.3. The molecule has 8 heteroatoms. The number of thiophene rings is 1. The first kappa shape index (κ1) is 28.6. The molecule has 200 valence electrons. The zero-order chi connectivity index (χ0) is 28.1. The average molecular weight is 580 g/mol. The predicted molar refractivity (Wildman–Crippen MR) is 158 cm³/mol. The van der Waals surface area contributed by atoms with E-state index < -0.39 is 5.97 Å². The van der Waals surface area contributed by atoms with Gasteiger partial charge in [0.2, 0.25) is 0 Å². The fraction of sp³-hybridized carbons (Fsp3) is 0.258. The number of carbonyl (C=O) groups excluding carboxylic acids is 1. The standard InChI is InChI=1S/C31H28Cl2N2O3S/c1-18(2)13-25(19-3-5-21(6-4-19)31(38)35-12-11-28(36)37)29(20-7-9-23(32)10-8-20)27-17-39-30-22(16-34)14-24(33)15-26(27)30/h3-10,14-15,17-18,25,29H,11-13H2,1-2H3,(H,35,38)(H,36,37). The molecule has 0 aliphatic rings. The first-order valence-corrected chi connectivity index (χ1v) is 14.3. The van der Waals surface area contributed by atoms with Crippen molar-refractivity contribution >= 4 is 56.5 Å². The molecule has 0 spiro atoms. The van der Waals surface area contributed by atoms with Crippen molar-refractivity contribution in [1.29, 1.82) is 5.26 Å². The molecule has 5 nitrogen and oxygen atoms in total. The summed E-state index contributed by atoms with van der Waals surface area (Å²) >= 11 is 14.3. The maximum Gasteiger partial charge on any atom is 0.305 e. The highest BCUT2D eigenvalue weighted by atomic mass is 35.5. The van der Waals surface area contributed by atoms with E-state index in [2.05, 4.69) is 30.6 Å². The van der Waals surface area contributed by atoms with Crippen LogP contribution in [0.25, 0.3) is 10.1 Å². The number of benzene rings is 3. The van der Waals surface area contributed by atoms with Gasteiger partial charge in [0.1, 0.15) is 6.07 Å². The van der Waals surface area contributed by atoms with Crippen molar-refractivity contribution in [3.8, 4) is 6.07 Å². The molecule has 0 radical (unpaired) electrons. The van der Waals surface area contributed by atoms with Crippen LogP contribution in [-0.2, 0) is 4.79 Å². The van der Waals surface area contributed by atoms with E-state index in [0.717, 1.165) is 33.2 Å². The van der Waals surface area contributed by atoms with Crippen LogP contribution >= 0.6 is 34.5 Å². The lowest BCUT2D eigenvalue weighted by Gasteiger charge is -2.30. The van der Waals surface area contributed by atoms with Gasteiger partial charge in [-0.15, -0.1) is 11.3 Å². The van der Waals surface area contributed by atoms with Gasteiger partial charge >= 0.3 is 5.97 Å². The van der Waals surface area contributed by atoms with Crippen LogP contribution in [0.4, 0.5) is 0 Å². The van der Waals surface area contributed by atoms with Crippen LogP contribution in [0.2, 0.25) is 10.0 Å². The van der Waals surface area contributed by atoms with Crippen LogP contribution in [0.3, 0.4) is 0 Å². The van der Waals surface area contributed by atoms with Crippen molar-refractivity contribution in [1.82, 2.24) is 5.32 Å². The Labute approximate surface area is 242 Å². The van der Waals surface area contributed by atoms with E-state index in [1.165, 1.54) is 0 Å². The number of carboxylic acids is 1. The summed E-state index contributed by atoms with van der Waals surface area (Å²) in [6.45, 7) is 4.45. The fourth-order valence-electron chi connectivity index (χ4n) is 4.98. The monoisotopic (exact) mass is 578 g/mol. The highest BCUT2D eigenvalue weighted by Crippen LogP contribution is 2.47. The number of nitrogens with one attached hydrogen (secondary N) is 1. The van der Waals surface area contributed by atoms with Gasteiger partial charge < -0.3 is 10.4 Å². The Bertz CT molecular complexity index is 1520. The van der Waals surface area contributed by atoms with Crippen molar-refractivity contribution < 1.29 is 14.7 Å². The average Bonchev–Trinajstić information content (AvgIpc) is 3.31. The van der Waals surface area contributed by atoms with Crippen molar-refractivity contribution in [2.75, 3.05) is 6.54 Å². The SMILES string of the molecule is CC(C)CC(c1ccc(C(=O)NCCC(=O)O)cc1)C(c1ccc(Cl)cc1)c1csc2c(C#N)cc(Cl)cc12. The maximum atomic E-state index is 12.5. The van der Waals surface area contributed by atoms with Crippen LogP contribution in [0.5, 0.6) is 0 Å². The molecule has 2 atom stereocenters. The van der Waals surface area contributed by atoms with Gasteiger partial charge in [0.05, 0.1) is 16.7 Å². The lowest BCUT2D eigenvalue weighted by Crippen LogP contribution is -2.26. The number of nitriles is 1. The number of carboxylic acid groups (broad SMARTS) is 1. The molecule has 1 aromatic heterocycles. The van der Waals surface area contributed by atoms with Crippen LogP contribution < -0.4 is 5.32 Å². The Morgan fingerprint density at radius 2 is 1.67 bits per heavy atom. The number of aliphatic carboxylic acids is 1. The Kier molecular flexibility index (Phi) is 9.29. The van der Waals surface area contributed by atoms with Crippen LogP contribution in [0, 0.1) is 17.2 Å². The molecule has 2 unspecified atom stereocenters. The smallest absolute Gasteiger partial charge is 0.305 e. The van der Waals surface area contributed by atoms with Gasteiger partial charge in [-0.05, 0) is 82.1 Å². The van der Waals surface area contributed by atoms with Gasteiger partial charge in [0.25, 0.3) is 5.91 Å². The lowest BCUT2D eigenvalue weighted by molar-refractivity contribution is -0.136. The molecule has 4 aromatic rings. The molecular formula is C31H28Cl2N2O3S. The van der Waals surface area contributed by atoms with Gasteiger partial charge in [0.15, 0.2) is 0 Å². The zero-order valence-electron chi connectivity index (χ0n) is 21.6. The second-order valence-corrected chi connectivity index (χ2v) is 11.7. The van der Waals surface area contributed by atoms with Crippen molar-refractivity contribution in [2.45, 2.75) is 38.5 Å². The van der Waals surface area contributed by atoms with E-state index in [9.17, 15) is 14.9 Å². The molecule has 2 N–H and O–H groups in total. The normalized spacial score (nSPS) is 12.7. The van der Waals surface area contributed by atoms with Gasteiger partial charge in [-0.2, -0.15) is 5.26 Å². The number of hydrogen-bond acceptors (Lipinski definition) is 4. The second kappa shape index (κ2) is 12.7. The molecule has 4 rings (SSSR count). The molecule has 1 heterocycles. The minimum atomic E-state index is -0.959. The largest absolute Gasteiger partial charge is 0.481 e. The maximum absolute atomic E-state index is 12.5. The van der Waals surface area contributed by atoms with Gasteiger partial charge in [-0.25, -0.2) is 0 Å². The van der Waals surface area contributed by atoms with E-state index in [4.69, 9.17) is 28.3 Å². The number of fused-ring (bicyclic) bond motifs is 1. The Morgan fingerprint density at radius 1 is 1.00 bits per heavy atom. The highest BCUT2D eigenvalue weighted by Gasteiger charge is 2.30. The predicted octanol–water partition coefficient (Wildman–Crippen LogP) is 8.25. The molecule has 3 aromatic carbocycles. The van der Waals surface area contributed by atoms with E-state index >= 15 is 0 Å². The van der Waals surface area contributed by atoms with Gasteiger partial charge in [-0.1, -0.05) is 61.3 Å². The van der Waals surface area contributed by atoms with Crippen molar-refractivity contribution in [2.24, 2.45) is 5.92 Å². The molecule has 1 amide bonds. The molecule has 0 fully saturated rings. The minimum absolute atomic E-state index is 0.0533. The number of hydrogen-bond donors (Lipinski definition) is 2.